The molecule has 1 aromatic carbocycles. The largest absolute Gasteiger partial charge is 0.479 e. The van der Waals surface area contributed by atoms with Gasteiger partial charge in [-0.2, -0.15) is 13.2 Å². The minimum Gasteiger partial charge on any atom is -0.479 e. The van der Waals surface area contributed by atoms with Crippen molar-refractivity contribution in [1.82, 2.24) is 14.0 Å². The lowest BCUT2D eigenvalue weighted by atomic mass is 10.3. The second kappa shape index (κ2) is 6.08. The number of para-hydroxylation sites is 2. The standard InChI is InChI=1S/C16H12F3N3O3/c1-2-25-14(9-12(23)16(17,18)19)22-13(24)7-8-21-11-6-4-3-5-10(11)20-15(21)22/h3-9H,2H2,1H3/b14-9-. The minimum absolute atomic E-state index is 0.0370. The first kappa shape index (κ1) is 16.7. The maximum atomic E-state index is 12.6. The quantitative estimate of drug-likeness (QED) is 0.535. The molecule has 0 fully saturated rings. The molecule has 2 heterocycles. The van der Waals surface area contributed by atoms with Crippen LogP contribution in [0.2, 0.25) is 0 Å². The molecular weight excluding hydrogens is 339 g/mol. The van der Waals surface area contributed by atoms with Crippen molar-refractivity contribution < 1.29 is 22.7 Å². The Morgan fingerprint density at radius 2 is 2.00 bits per heavy atom. The Morgan fingerprint density at radius 3 is 2.68 bits per heavy atom. The molecule has 0 aliphatic rings. The van der Waals surface area contributed by atoms with E-state index < -0.39 is 23.4 Å². The number of imidazole rings is 1. The number of carbonyl (C=O) groups is 1. The van der Waals surface area contributed by atoms with Crippen molar-refractivity contribution in [3.05, 3.63) is 53.0 Å². The maximum absolute atomic E-state index is 12.6. The van der Waals surface area contributed by atoms with E-state index in [2.05, 4.69) is 4.98 Å². The van der Waals surface area contributed by atoms with Crippen molar-refractivity contribution in [3.8, 4) is 0 Å². The van der Waals surface area contributed by atoms with E-state index in [1.165, 1.54) is 17.5 Å². The first-order valence-corrected chi connectivity index (χ1v) is 7.28. The summed E-state index contributed by atoms with van der Waals surface area (Å²) < 4.78 is 45.3. The number of hydrogen-bond donors (Lipinski definition) is 0. The molecule has 3 aromatic rings. The summed E-state index contributed by atoms with van der Waals surface area (Å²) in [7, 11) is 0. The van der Waals surface area contributed by atoms with E-state index in [0.717, 1.165) is 10.6 Å². The number of halogens is 3. The summed E-state index contributed by atoms with van der Waals surface area (Å²) in [6.45, 7) is 1.49. The Hall–Kier alpha value is -3.10. The van der Waals surface area contributed by atoms with Gasteiger partial charge in [-0.1, -0.05) is 12.1 Å². The van der Waals surface area contributed by atoms with Gasteiger partial charge in [0.05, 0.1) is 23.7 Å². The van der Waals surface area contributed by atoms with Gasteiger partial charge in [0.25, 0.3) is 11.3 Å². The van der Waals surface area contributed by atoms with Crippen molar-refractivity contribution in [2.45, 2.75) is 13.1 Å². The number of ketones is 1. The van der Waals surface area contributed by atoms with Gasteiger partial charge in [-0.15, -0.1) is 0 Å². The van der Waals surface area contributed by atoms with Crippen LogP contribution in [0.25, 0.3) is 22.7 Å². The van der Waals surface area contributed by atoms with Crippen molar-refractivity contribution in [2.75, 3.05) is 6.61 Å². The SMILES string of the molecule is CCO/C(=C\C(=O)C(F)(F)F)n1c(=O)ccn2c3ccccc3nc12. The normalized spacial score (nSPS) is 12.7. The van der Waals surface area contributed by atoms with Crippen LogP contribution in [-0.2, 0) is 9.53 Å². The van der Waals surface area contributed by atoms with Crippen LogP contribution >= 0.6 is 0 Å². The molecule has 9 heteroatoms. The smallest absolute Gasteiger partial charge is 0.454 e. The number of alkyl halides is 3. The Labute approximate surface area is 138 Å². The zero-order chi connectivity index (χ0) is 18.2. The monoisotopic (exact) mass is 351 g/mol. The second-order valence-corrected chi connectivity index (χ2v) is 5.04. The zero-order valence-corrected chi connectivity index (χ0v) is 12.9. The minimum atomic E-state index is -5.07. The number of hydrogen-bond acceptors (Lipinski definition) is 4. The highest BCUT2D eigenvalue weighted by atomic mass is 19.4. The molecule has 0 N–H and O–H groups in total. The summed E-state index contributed by atoms with van der Waals surface area (Å²) in [5.74, 6) is -2.61. The predicted molar refractivity (Wildman–Crippen MR) is 83.9 cm³/mol. The van der Waals surface area contributed by atoms with E-state index in [9.17, 15) is 22.8 Å². The van der Waals surface area contributed by atoms with E-state index in [0.29, 0.717) is 11.0 Å². The molecular formula is C16H12F3N3O3. The molecule has 3 rings (SSSR count). The van der Waals surface area contributed by atoms with E-state index in [1.54, 1.807) is 24.3 Å². The molecule has 0 spiro atoms. The molecule has 25 heavy (non-hydrogen) atoms. The van der Waals surface area contributed by atoms with Crippen LogP contribution in [0.4, 0.5) is 13.2 Å². The molecule has 0 atom stereocenters. The Bertz CT molecular complexity index is 1050. The third-order valence-corrected chi connectivity index (χ3v) is 3.41. The van der Waals surface area contributed by atoms with Crippen LogP contribution in [0.5, 0.6) is 0 Å². The fraction of sp³-hybridized carbons (Fsp3) is 0.188. The van der Waals surface area contributed by atoms with Gasteiger partial charge < -0.3 is 4.74 Å². The van der Waals surface area contributed by atoms with Crippen molar-refractivity contribution in [2.24, 2.45) is 0 Å². The molecule has 0 aliphatic carbocycles. The van der Waals surface area contributed by atoms with Crippen molar-refractivity contribution in [3.63, 3.8) is 0 Å². The lowest BCUT2D eigenvalue weighted by Gasteiger charge is -2.12. The predicted octanol–water partition coefficient (Wildman–Crippen LogP) is 2.62. The van der Waals surface area contributed by atoms with Gasteiger partial charge in [-0.3, -0.25) is 14.0 Å². The maximum Gasteiger partial charge on any atom is 0.454 e. The Kier molecular flexibility index (Phi) is 4.07. The lowest BCUT2D eigenvalue weighted by molar-refractivity contribution is -0.165. The lowest BCUT2D eigenvalue weighted by Crippen LogP contribution is -2.25. The highest BCUT2D eigenvalue weighted by molar-refractivity contribution is 5.98. The number of ether oxygens (including phenoxy) is 1. The number of rotatable bonds is 4. The highest BCUT2D eigenvalue weighted by Gasteiger charge is 2.37. The van der Waals surface area contributed by atoms with Crippen molar-refractivity contribution >= 4 is 28.5 Å². The second-order valence-electron chi connectivity index (χ2n) is 5.04. The summed E-state index contributed by atoms with van der Waals surface area (Å²) in [5, 5.41) is 0. The summed E-state index contributed by atoms with van der Waals surface area (Å²) in [6.07, 6.45) is -3.36. The number of benzene rings is 1. The summed E-state index contributed by atoms with van der Waals surface area (Å²) in [6, 6.07) is 8.10. The molecule has 0 saturated heterocycles. The zero-order valence-electron chi connectivity index (χ0n) is 12.9. The number of fused-ring (bicyclic) bond motifs is 3. The van der Waals surface area contributed by atoms with Crippen LogP contribution in [0, 0.1) is 0 Å². The van der Waals surface area contributed by atoms with Crippen LogP contribution in [0.1, 0.15) is 6.92 Å². The third kappa shape index (κ3) is 3.00. The molecule has 2 aromatic heterocycles. The molecule has 0 amide bonds. The van der Waals surface area contributed by atoms with Gasteiger partial charge >= 0.3 is 6.18 Å². The van der Waals surface area contributed by atoms with Gasteiger partial charge in [0, 0.05) is 12.3 Å². The van der Waals surface area contributed by atoms with Gasteiger partial charge in [0.1, 0.15) is 0 Å². The molecule has 0 radical (unpaired) electrons. The highest BCUT2D eigenvalue weighted by Crippen LogP contribution is 2.21. The molecule has 0 unspecified atom stereocenters. The molecule has 0 bridgehead atoms. The van der Waals surface area contributed by atoms with E-state index in [4.69, 9.17) is 4.74 Å². The van der Waals surface area contributed by atoms with Crippen LogP contribution < -0.4 is 5.56 Å². The van der Waals surface area contributed by atoms with Gasteiger partial charge in [-0.25, -0.2) is 9.55 Å². The molecule has 0 aliphatic heterocycles. The first-order valence-electron chi connectivity index (χ1n) is 7.28. The van der Waals surface area contributed by atoms with Gasteiger partial charge in [-0.05, 0) is 19.1 Å². The van der Waals surface area contributed by atoms with Gasteiger partial charge in [0.2, 0.25) is 11.7 Å². The fourth-order valence-corrected chi connectivity index (χ4v) is 2.37. The van der Waals surface area contributed by atoms with Crippen LogP contribution in [0.3, 0.4) is 0 Å². The van der Waals surface area contributed by atoms with Gasteiger partial charge in [0.15, 0.2) is 0 Å². The Morgan fingerprint density at radius 1 is 1.28 bits per heavy atom. The van der Waals surface area contributed by atoms with E-state index in [-0.39, 0.29) is 18.5 Å². The molecule has 6 nitrogen and oxygen atoms in total. The van der Waals surface area contributed by atoms with Crippen LogP contribution in [0.15, 0.2) is 47.4 Å². The van der Waals surface area contributed by atoms with Crippen molar-refractivity contribution in [1.29, 1.82) is 0 Å². The summed E-state index contributed by atoms with van der Waals surface area (Å²) in [4.78, 5) is 27.8. The number of carbonyl (C=O) groups excluding carboxylic acids is 1. The average molecular weight is 351 g/mol. The number of nitrogens with zero attached hydrogens (tertiary/aromatic N) is 3. The number of aromatic nitrogens is 3. The molecule has 0 saturated carbocycles. The van der Waals surface area contributed by atoms with E-state index in [1.807, 2.05) is 0 Å². The topological polar surface area (TPSA) is 65.6 Å². The average Bonchev–Trinajstić information content (AvgIpc) is 2.92. The Balaban J connectivity index is 2.31. The number of allylic oxidation sites excluding steroid dienone is 1. The molecule has 130 valence electrons. The summed E-state index contributed by atoms with van der Waals surface area (Å²) in [5.41, 5.74) is 0.529. The fourth-order valence-electron chi connectivity index (χ4n) is 2.37. The van der Waals surface area contributed by atoms with E-state index >= 15 is 0 Å². The third-order valence-electron chi connectivity index (χ3n) is 3.41. The van der Waals surface area contributed by atoms with Crippen LogP contribution in [-0.4, -0.2) is 32.5 Å². The summed E-state index contributed by atoms with van der Waals surface area (Å²) >= 11 is 0. The first-order chi connectivity index (χ1) is 11.8.